The number of hydrogen-bond acceptors (Lipinski definition) is 4. The van der Waals surface area contributed by atoms with Crippen LogP contribution in [0, 0.1) is 11.3 Å². The van der Waals surface area contributed by atoms with Gasteiger partial charge in [0.25, 0.3) is 0 Å². The van der Waals surface area contributed by atoms with E-state index >= 15 is 0 Å². The van der Waals surface area contributed by atoms with Crippen molar-refractivity contribution >= 4 is 0 Å². The first-order valence-electron chi connectivity index (χ1n) is 6.57. The molecule has 1 aliphatic heterocycles. The minimum atomic E-state index is 0.552. The normalized spacial score (nSPS) is 22.0. The first-order valence-corrected chi connectivity index (χ1v) is 6.57. The van der Waals surface area contributed by atoms with Crippen LogP contribution in [0.4, 0.5) is 0 Å². The van der Waals surface area contributed by atoms with Crippen molar-refractivity contribution in [1.82, 2.24) is 14.7 Å². The monoisotopic (exact) mass is 238 g/mol. The molecule has 1 atom stereocenters. The van der Waals surface area contributed by atoms with Gasteiger partial charge in [0, 0.05) is 12.6 Å². The molecule has 4 heteroatoms. The van der Waals surface area contributed by atoms with Crippen molar-refractivity contribution in [1.29, 1.82) is 5.26 Å². The lowest BCUT2D eigenvalue weighted by atomic mass is 10.0. The number of likely N-dealkylation sites (tertiary alicyclic amines) is 1. The molecule has 0 aromatic rings. The van der Waals surface area contributed by atoms with Gasteiger partial charge in [-0.25, -0.2) is 0 Å². The summed E-state index contributed by atoms with van der Waals surface area (Å²) in [7, 11) is 6.32. The van der Waals surface area contributed by atoms with Gasteiger partial charge in [-0.15, -0.1) is 0 Å². The Bertz CT molecular complexity index is 246. The average molecular weight is 238 g/mol. The summed E-state index contributed by atoms with van der Waals surface area (Å²) in [6, 6.07) is 2.81. The van der Waals surface area contributed by atoms with Crippen LogP contribution >= 0.6 is 0 Å². The van der Waals surface area contributed by atoms with Crippen molar-refractivity contribution in [2.75, 3.05) is 53.9 Å². The zero-order chi connectivity index (χ0) is 12.7. The molecule has 0 saturated carbocycles. The predicted octanol–water partition coefficient (Wildman–Crippen LogP) is 0.858. The second kappa shape index (κ2) is 7.65. The number of likely N-dealkylation sites (N-methyl/N-ethyl adjacent to an activating group) is 1. The second-order valence-corrected chi connectivity index (χ2v) is 5.33. The predicted molar refractivity (Wildman–Crippen MR) is 70.9 cm³/mol. The molecule has 0 radical (unpaired) electrons. The van der Waals surface area contributed by atoms with Gasteiger partial charge in [-0.2, -0.15) is 5.26 Å². The molecule has 0 aromatic carbocycles. The van der Waals surface area contributed by atoms with E-state index in [9.17, 15) is 0 Å². The van der Waals surface area contributed by atoms with Crippen molar-refractivity contribution in [3.8, 4) is 6.07 Å². The van der Waals surface area contributed by atoms with Crippen LogP contribution in [0.2, 0.25) is 0 Å². The molecule has 1 heterocycles. The Morgan fingerprint density at radius 3 is 2.76 bits per heavy atom. The summed E-state index contributed by atoms with van der Waals surface area (Å²) in [5.41, 5.74) is 0. The lowest BCUT2D eigenvalue weighted by Crippen LogP contribution is -2.47. The minimum absolute atomic E-state index is 0.552. The summed E-state index contributed by atoms with van der Waals surface area (Å²) in [5.74, 6) is 0. The Hall–Kier alpha value is -0.630. The van der Waals surface area contributed by atoms with Crippen LogP contribution < -0.4 is 0 Å². The summed E-state index contributed by atoms with van der Waals surface area (Å²) in [6.07, 6.45) is 3.74. The van der Waals surface area contributed by atoms with Crippen molar-refractivity contribution in [2.45, 2.75) is 25.3 Å². The third-order valence-corrected chi connectivity index (χ3v) is 3.50. The number of piperidine rings is 1. The van der Waals surface area contributed by atoms with Crippen LogP contribution in [-0.4, -0.2) is 74.6 Å². The lowest BCUT2D eigenvalue weighted by Gasteiger charge is -2.36. The van der Waals surface area contributed by atoms with Gasteiger partial charge >= 0.3 is 0 Å². The largest absolute Gasteiger partial charge is 0.309 e. The van der Waals surface area contributed by atoms with Crippen LogP contribution in [0.1, 0.15) is 19.3 Å². The van der Waals surface area contributed by atoms with Gasteiger partial charge in [-0.3, -0.25) is 4.90 Å². The second-order valence-electron chi connectivity index (χ2n) is 5.33. The van der Waals surface area contributed by atoms with Crippen molar-refractivity contribution in [3.63, 3.8) is 0 Å². The Labute approximate surface area is 106 Å². The van der Waals surface area contributed by atoms with Crippen molar-refractivity contribution < 1.29 is 0 Å². The fourth-order valence-electron chi connectivity index (χ4n) is 2.45. The van der Waals surface area contributed by atoms with E-state index in [1.807, 2.05) is 0 Å². The Morgan fingerprint density at radius 1 is 1.35 bits per heavy atom. The van der Waals surface area contributed by atoms with E-state index in [2.05, 4.69) is 41.9 Å². The molecule has 0 amide bonds. The van der Waals surface area contributed by atoms with Crippen LogP contribution in [-0.2, 0) is 0 Å². The maximum atomic E-state index is 8.72. The van der Waals surface area contributed by atoms with Crippen LogP contribution in [0.15, 0.2) is 0 Å². The lowest BCUT2D eigenvalue weighted by molar-refractivity contribution is 0.122. The van der Waals surface area contributed by atoms with Gasteiger partial charge in [0.05, 0.1) is 12.6 Å². The van der Waals surface area contributed by atoms with Gasteiger partial charge in [-0.05, 0) is 60.0 Å². The summed E-state index contributed by atoms with van der Waals surface area (Å²) in [6.45, 7) is 5.26. The van der Waals surface area contributed by atoms with Crippen LogP contribution in [0.3, 0.4) is 0 Å². The maximum absolute atomic E-state index is 8.72. The fourth-order valence-corrected chi connectivity index (χ4v) is 2.45. The highest BCUT2D eigenvalue weighted by atomic mass is 15.2. The highest BCUT2D eigenvalue weighted by molar-refractivity contribution is 4.84. The van der Waals surface area contributed by atoms with Gasteiger partial charge in [0.1, 0.15) is 0 Å². The molecule has 4 nitrogen and oxygen atoms in total. The molecule has 0 N–H and O–H groups in total. The SMILES string of the molecule is CN(C)CCCN1CCCC(N(C)CC#N)C1. The average Bonchev–Trinajstić information content (AvgIpc) is 2.29. The van der Waals surface area contributed by atoms with E-state index in [0.29, 0.717) is 12.6 Å². The quantitative estimate of drug-likeness (QED) is 0.643. The summed E-state index contributed by atoms with van der Waals surface area (Å²) < 4.78 is 0. The molecule has 0 bridgehead atoms. The molecule has 17 heavy (non-hydrogen) atoms. The Morgan fingerprint density at radius 2 is 2.12 bits per heavy atom. The molecular weight excluding hydrogens is 212 g/mol. The van der Waals surface area contributed by atoms with Crippen molar-refractivity contribution in [3.05, 3.63) is 0 Å². The highest BCUT2D eigenvalue weighted by Crippen LogP contribution is 2.14. The third-order valence-electron chi connectivity index (χ3n) is 3.50. The molecule has 0 spiro atoms. The van der Waals surface area contributed by atoms with E-state index < -0.39 is 0 Å². The number of hydrogen-bond donors (Lipinski definition) is 0. The number of nitriles is 1. The molecule has 1 unspecified atom stereocenters. The summed E-state index contributed by atoms with van der Waals surface area (Å²) in [4.78, 5) is 6.98. The Balaban J connectivity index is 2.26. The van der Waals surface area contributed by atoms with Gasteiger partial charge in [0.15, 0.2) is 0 Å². The van der Waals surface area contributed by atoms with E-state index in [1.54, 1.807) is 0 Å². The summed E-state index contributed by atoms with van der Waals surface area (Å²) in [5, 5.41) is 8.72. The maximum Gasteiger partial charge on any atom is 0.0866 e. The fraction of sp³-hybridized carbons (Fsp3) is 0.923. The van der Waals surface area contributed by atoms with E-state index in [0.717, 1.165) is 13.1 Å². The topological polar surface area (TPSA) is 33.5 Å². The first-order chi connectivity index (χ1) is 8.13. The molecule has 1 fully saturated rings. The third kappa shape index (κ3) is 5.49. The number of nitrogens with zero attached hydrogens (tertiary/aromatic N) is 4. The molecule has 98 valence electrons. The van der Waals surface area contributed by atoms with Gasteiger partial charge in [-0.1, -0.05) is 0 Å². The van der Waals surface area contributed by atoms with Gasteiger partial charge < -0.3 is 9.80 Å². The molecule has 1 aliphatic rings. The molecule has 0 aliphatic carbocycles. The molecule has 0 aromatic heterocycles. The highest BCUT2D eigenvalue weighted by Gasteiger charge is 2.22. The van der Waals surface area contributed by atoms with E-state index in [-0.39, 0.29) is 0 Å². The first kappa shape index (κ1) is 14.4. The molecule has 1 rings (SSSR count). The number of rotatable bonds is 6. The standard InChI is InChI=1S/C13H26N4/c1-15(2)8-5-10-17-9-4-6-13(12-17)16(3)11-7-14/h13H,4-6,8-12H2,1-3H3. The van der Waals surface area contributed by atoms with Crippen LogP contribution in [0.25, 0.3) is 0 Å². The molecule has 1 saturated heterocycles. The smallest absolute Gasteiger partial charge is 0.0866 e. The van der Waals surface area contributed by atoms with E-state index in [1.165, 1.54) is 32.4 Å². The van der Waals surface area contributed by atoms with Crippen LogP contribution in [0.5, 0.6) is 0 Å². The summed E-state index contributed by atoms with van der Waals surface area (Å²) >= 11 is 0. The van der Waals surface area contributed by atoms with Crippen molar-refractivity contribution in [2.24, 2.45) is 0 Å². The Kier molecular flexibility index (Phi) is 6.49. The molecular formula is C13H26N4. The van der Waals surface area contributed by atoms with Gasteiger partial charge in [0.2, 0.25) is 0 Å². The zero-order valence-electron chi connectivity index (χ0n) is 11.5. The van der Waals surface area contributed by atoms with E-state index in [4.69, 9.17) is 5.26 Å². The minimum Gasteiger partial charge on any atom is -0.309 e. The zero-order valence-corrected chi connectivity index (χ0v) is 11.5.